The van der Waals surface area contributed by atoms with Crippen LogP contribution in [0.3, 0.4) is 0 Å². The minimum absolute atomic E-state index is 0.460. The van der Waals surface area contributed by atoms with E-state index in [9.17, 15) is 5.11 Å². The molecule has 1 aliphatic rings. The summed E-state index contributed by atoms with van der Waals surface area (Å²) in [5, 5.41) is 10.3. The number of rotatable bonds is 11. The third kappa shape index (κ3) is 7.84. The quantitative estimate of drug-likeness (QED) is 0.568. The van der Waals surface area contributed by atoms with E-state index in [2.05, 4.69) is 4.90 Å². The molecular weight excluding hydrogens is 246 g/mol. The number of likely N-dealkylation sites (N-methyl/N-ethyl adjacent to an activating group) is 1. The van der Waals surface area contributed by atoms with Gasteiger partial charge >= 0.3 is 0 Å². The molecule has 5 heteroatoms. The SMILES string of the molecule is COCCOCCOCCN(C)CC1(O)CCCC1. The normalized spacial score (nSPS) is 18.3. The molecule has 0 aromatic carbocycles. The van der Waals surface area contributed by atoms with E-state index in [1.54, 1.807) is 7.11 Å². The molecule has 0 saturated heterocycles. The van der Waals surface area contributed by atoms with E-state index in [4.69, 9.17) is 14.2 Å². The first-order valence-electron chi connectivity index (χ1n) is 7.22. The van der Waals surface area contributed by atoms with Gasteiger partial charge in [0, 0.05) is 20.2 Å². The highest BCUT2D eigenvalue weighted by Gasteiger charge is 2.31. The minimum Gasteiger partial charge on any atom is -0.389 e. The molecule has 0 radical (unpaired) electrons. The predicted octanol–water partition coefficient (Wildman–Crippen LogP) is 0.903. The molecule has 1 rings (SSSR count). The summed E-state index contributed by atoms with van der Waals surface area (Å²) in [6, 6.07) is 0. The Morgan fingerprint density at radius 2 is 1.58 bits per heavy atom. The Kier molecular flexibility index (Phi) is 8.57. The lowest BCUT2D eigenvalue weighted by atomic mass is 10.0. The topological polar surface area (TPSA) is 51.2 Å². The summed E-state index contributed by atoms with van der Waals surface area (Å²) >= 11 is 0. The van der Waals surface area contributed by atoms with Gasteiger partial charge < -0.3 is 24.2 Å². The number of nitrogens with zero attached hydrogens (tertiary/aromatic N) is 1. The maximum Gasteiger partial charge on any atom is 0.0774 e. The van der Waals surface area contributed by atoms with Crippen molar-refractivity contribution in [2.24, 2.45) is 0 Å². The van der Waals surface area contributed by atoms with Gasteiger partial charge in [-0.05, 0) is 19.9 Å². The van der Waals surface area contributed by atoms with E-state index in [1.807, 2.05) is 7.05 Å². The zero-order valence-electron chi connectivity index (χ0n) is 12.4. The third-order valence-corrected chi connectivity index (χ3v) is 3.52. The van der Waals surface area contributed by atoms with Gasteiger partial charge in [0.1, 0.15) is 0 Å². The van der Waals surface area contributed by atoms with Gasteiger partial charge in [0.15, 0.2) is 0 Å². The Labute approximate surface area is 116 Å². The van der Waals surface area contributed by atoms with Gasteiger partial charge in [-0.25, -0.2) is 0 Å². The lowest BCUT2D eigenvalue weighted by Crippen LogP contribution is -2.40. The van der Waals surface area contributed by atoms with Gasteiger partial charge in [-0.2, -0.15) is 0 Å². The van der Waals surface area contributed by atoms with Gasteiger partial charge in [-0.3, -0.25) is 0 Å². The van der Waals surface area contributed by atoms with Gasteiger partial charge in [0.05, 0.1) is 38.6 Å². The second-order valence-electron chi connectivity index (χ2n) is 5.39. The highest BCUT2D eigenvalue weighted by atomic mass is 16.5. The zero-order chi connectivity index (χ0) is 14.0. The second-order valence-corrected chi connectivity index (χ2v) is 5.39. The average molecular weight is 275 g/mol. The standard InChI is InChI=1S/C14H29NO4/c1-15(13-14(16)5-3-4-6-14)7-8-18-11-12-19-10-9-17-2/h16H,3-13H2,1-2H3. The van der Waals surface area contributed by atoms with E-state index >= 15 is 0 Å². The van der Waals surface area contributed by atoms with Crippen LogP contribution in [0.2, 0.25) is 0 Å². The van der Waals surface area contributed by atoms with Crippen molar-refractivity contribution in [3.63, 3.8) is 0 Å². The van der Waals surface area contributed by atoms with Crippen LogP contribution in [0.4, 0.5) is 0 Å². The summed E-state index contributed by atoms with van der Waals surface area (Å²) in [5.74, 6) is 0. The molecule has 0 aliphatic heterocycles. The molecule has 1 N–H and O–H groups in total. The molecule has 0 spiro atoms. The molecule has 1 aliphatic carbocycles. The largest absolute Gasteiger partial charge is 0.389 e. The first-order chi connectivity index (χ1) is 9.16. The van der Waals surface area contributed by atoms with Gasteiger partial charge in [0.2, 0.25) is 0 Å². The summed E-state index contributed by atoms with van der Waals surface area (Å²) in [4.78, 5) is 2.15. The lowest BCUT2D eigenvalue weighted by Gasteiger charge is -2.28. The Hall–Kier alpha value is -0.200. The van der Waals surface area contributed by atoms with Crippen LogP contribution in [0, 0.1) is 0 Å². The molecule has 114 valence electrons. The van der Waals surface area contributed by atoms with Crippen molar-refractivity contribution in [1.82, 2.24) is 4.90 Å². The molecule has 0 aromatic heterocycles. The third-order valence-electron chi connectivity index (χ3n) is 3.52. The van der Waals surface area contributed by atoms with Crippen LogP contribution in [0.5, 0.6) is 0 Å². The molecule has 0 aromatic rings. The Morgan fingerprint density at radius 1 is 1.00 bits per heavy atom. The van der Waals surface area contributed by atoms with E-state index in [0.29, 0.717) is 33.0 Å². The summed E-state index contributed by atoms with van der Waals surface area (Å²) < 4.78 is 15.7. The van der Waals surface area contributed by atoms with Crippen LogP contribution in [-0.4, -0.2) is 75.9 Å². The number of ether oxygens (including phenoxy) is 3. The predicted molar refractivity (Wildman–Crippen MR) is 74.4 cm³/mol. The molecule has 0 heterocycles. The highest BCUT2D eigenvalue weighted by molar-refractivity contribution is 4.86. The Morgan fingerprint density at radius 3 is 2.21 bits per heavy atom. The van der Waals surface area contributed by atoms with Gasteiger partial charge in [-0.15, -0.1) is 0 Å². The average Bonchev–Trinajstić information content (AvgIpc) is 2.79. The molecule has 0 amide bonds. The van der Waals surface area contributed by atoms with Crippen LogP contribution >= 0.6 is 0 Å². The summed E-state index contributed by atoms with van der Waals surface area (Å²) in [7, 11) is 3.70. The minimum atomic E-state index is -0.460. The number of hydrogen-bond acceptors (Lipinski definition) is 5. The highest BCUT2D eigenvalue weighted by Crippen LogP contribution is 2.29. The smallest absolute Gasteiger partial charge is 0.0774 e. The van der Waals surface area contributed by atoms with E-state index < -0.39 is 5.60 Å². The van der Waals surface area contributed by atoms with Crippen LogP contribution in [-0.2, 0) is 14.2 Å². The van der Waals surface area contributed by atoms with Crippen LogP contribution in [0.15, 0.2) is 0 Å². The van der Waals surface area contributed by atoms with Crippen molar-refractivity contribution in [1.29, 1.82) is 0 Å². The summed E-state index contributed by atoms with van der Waals surface area (Å²) in [5.41, 5.74) is -0.460. The number of methoxy groups -OCH3 is 1. The van der Waals surface area contributed by atoms with Crippen molar-refractivity contribution in [2.45, 2.75) is 31.3 Å². The molecule has 19 heavy (non-hydrogen) atoms. The van der Waals surface area contributed by atoms with Crippen LogP contribution in [0.1, 0.15) is 25.7 Å². The maximum absolute atomic E-state index is 10.3. The van der Waals surface area contributed by atoms with Gasteiger partial charge in [0.25, 0.3) is 0 Å². The molecule has 1 fully saturated rings. The maximum atomic E-state index is 10.3. The van der Waals surface area contributed by atoms with Crippen molar-refractivity contribution in [3.05, 3.63) is 0 Å². The fourth-order valence-corrected chi connectivity index (χ4v) is 2.46. The summed E-state index contributed by atoms with van der Waals surface area (Å²) in [6.07, 6.45) is 4.18. The monoisotopic (exact) mass is 275 g/mol. The van der Waals surface area contributed by atoms with Gasteiger partial charge in [-0.1, -0.05) is 12.8 Å². The van der Waals surface area contributed by atoms with E-state index in [-0.39, 0.29) is 0 Å². The Balaban J connectivity index is 1.91. The summed E-state index contributed by atoms with van der Waals surface area (Å²) in [6.45, 7) is 4.74. The fourth-order valence-electron chi connectivity index (χ4n) is 2.46. The first-order valence-corrected chi connectivity index (χ1v) is 7.22. The Bertz CT molecular complexity index is 219. The van der Waals surface area contributed by atoms with Crippen LogP contribution < -0.4 is 0 Å². The van der Waals surface area contributed by atoms with Crippen LogP contribution in [0.25, 0.3) is 0 Å². The molecule has 1 saturated carbocycles. The molecule has 0 unspecified atom stereocenters. The first kappa shape index (κ1) is 16.9. The molecule has 0 bridgehead atoms. The van der Waals surface area contributed by atoms with E-state index in [1.165, 1.54) is 0 Å². The van der Waals surface area contributed by atoms with Crippen molar-refractivity contribution in [3.8, 4) is 0 Å². The van der Waals surface area contributed by atoms with Crippen molar-refractivity contribution >= 4 is 0 Å². The number of aliphatic hydroxyl groups is 1. The molecular formula is C14H29NO4. The molecule has 0 atom stereocenters. The number of hydrogen-bond donors (Lipinski definition) is 1. The lowest BCUT2D eigenvalue weighted by molar-refractivity contribution is -0.00131. The zero-order valence-corrected chi connectivity index (χ0v) is 12.4. The molecule has 5 nitrogen and oxygen atoms in total. The fraction of sp³-hybridized carbons (Fsp3) is 1.00. The van der Waals surface area contributed by atoms with Crippen molar-refractivity contribution < 1.29 is 19.3 Å². The van der Waals surface area contributed by atoms with Crippen molar-refractivity contribution in [2.75, 3.05) is 60.3 Å². The second kappa shape index (κ2) is 9.66. The van der Waals surface area contributed by atoms with E-state index in [0.717, 1.165) is 38.8 Å².